The summed E-state index contributed by atoms with van der Waals surface area (Å²) in [6.45, 7) is 9.15. The van der Waals surface area contributed by atoms with Gasteiger partial charge in [-0.25, -0.2) is 9.59 Å². The van der Waals surface area contributed by atoms with E-state index in [1.807, 2.05) is 0 Å². The number of ether oxygens (including phenoxy) is 2. The number of hydrogen-bond donors (Lipinski definition) is 0. The van der Waals surface area contributed by atoms with E-state index in [-0.39, 0.29) is 6.61 Å². The summed E-state index contributed by atoms with van der Waals surface area (Å²) in [5.74, 6) is -0.975. The fourth-order valence-electron chi connectivity index (χ4n) is 4.43. The highest BCUT2D eigenvalue weighted by Crippen LogP contribution is 2.16. The zero-order chi connectivity index (χ0) is 25.8. The van der Waals surface area contributed by atoms with Crippen LogP contribution in [-0.2, 0) is 19.1 Å². The molecule has 0 aromatic rings. The molecule has 0 aliphatic carbocycles. The van der Waals surface area contributed by atoms with E-state index in [1.54, 1.807) is 0 Å². The van der Waals surface area contributed by atoms with E-state index in [1.165, 1.54) is 122 Å². The summed E-state index contributed by atoms with van der Waals surface area (Å²) in [6.07, 6.45) is 31.0. The van der Waals surface area contributed by atoms with Crippen LogP contribution in [0.5, 0.6) is 0 Å². The predicted molar refractivity (Wildman–Crippen MR) is 148 cm³/mol. The minimum absolute atomic E-state index is 0.0730. The molecule has 0 saturated carbocycles. The smallest absolute Gasteiger partial charge is 0.330 e. The van der Waals surface area contributed by atoms with Gasteiger partial charge in [0, 0.05) is 12.2 Å². The van der Waals surface area contributed by atoms with Crippen LogP contribution in [0.1, 0.15) is 148 Å². The SMILES string of the molecule is C=CC(=O)OCC(CCCCCCCCCCCCCCCCCCCCCCC)OC(=O)C=C. The lowest BCUT2D eigenvalue weighted by Crippen LogP contribution is -2.24. The van der Waals surface area contributed by atoms with E-state index in [2.05, 4.69) is 20.1 Å². The zero-order valence-electron chi connectivity index (χ0n) is 23.0. The van der Waals surface area contributed by atoms with E-state index >= 15 is 0 Å². The van der Waals surface area contributed by atoms with Gasteiger partial charge in [0.1, 0.15) is 12.7 Å². The van der Waals surface area contributed by atoms with Crippen LogP contribution in [0.15, 0.2) is 25.3 Å². The monoisotopic (exact) mass is 492 g/mol. The van der Waals surface area contributed by atoms with Gasteiger partial charge < -0.3 is 9.47 Å². The Morgan fingerprint density at radius 1 is 0.571 bits per heavy atom. The van der Waals surface area contributed by atoms with E-state index < -0.39 is 18.0 Å². The molecule has 0 rings (SSSR count). The lowest BCUT2D eigenvalue weighted by Gasteiger charge is -2.16. The molecule has 0 heterocycles. The molecule has 0 fully saturated rings. The molecule has 0 aliphatic heterocycles. The molecule has 1 atom stereocenters. The predicted octanol–water partition coefficient (Wildman–Crippen LogP) is 9.42. The first-order valence-corrected chi connectivity index (χ1v) is 14.8. The van der Waals surface area contributed by atoms with Crippen molar-refractivity contribution in [2.24, 2.45) is 0 Å². The Hall–Kier alpha value is -1.58. The second-order valence-electron chi connectivity index (χ2n) is 9.96. The fourth-order valence-corrected chi connectivity index (χ4v) is 4.43. The van der Waals surface area contributed by atoms with Gasteiger partial charge in [-0.15, -0.1) is 0 Å². The molecule has 0 bridgehead atoms. The fraction of sp³-hybridized carbons (Fsp3) is 0.806. The molecular formula is C31H56O4. The van der Waals surface area contributed by atoms with Crippen LogP contribution in [-0.4, -0.2) is 24.6 Å². The maximum absolute atomic E-state index is 11.5. The maximum Gasteiger partial charge on any atom is 0.330 e. The first kappa shape index (κ1) is 33.4. The summed E-state index contributed by atoms with van der Waals surface area (Å²) >= 11 is 0. The number of unbranched alkanes of at least 4 members (excludes halogenated alkanes) is 20. The standard InChI is InChI=1S/C31H56O4/c1-4-7-8-9-10-11-12-13-14-15-16-17-18-19-20-21-22-23-24-25-26-27-29(35-31(33)6-3)28-34-30(32)5-2/h5-6,29H,2-4,7-28H2,1H3. The number of carbonyl (C=O) groups is 2. The lowest BCUT2D eigenvalue weighted by atomic mass is 10.0. The average Bonchev–Trinajstić information content (AvgIpc) is 2.87. The molecule has 35 heavy (non-hydrogen) atoms. The Bertz CT molecular complexity index is 514. The molecule has 0 aliphatic rings. The van der Waals surface area contributed by atoms with Gasteiger partial charge in [-0.1, -0.05) is 148 Å². The van der Waals surface area contributed by atoms with Crippen LogP contribution >= 0.6 is 0 Å². The van der Waals surface area contributed by atoms with Crippen molar-refractivity contribution in [2.45, 2.75) is 154 Å². The Morgan fingerprint density at radius 3 is 1.26 bits per heavy atom. The number of esters is 2. The maximum atomic E-state index is 11.5. The van der Waals surface area contributed by atoms with Crippen LogP contribution in [0.25, 0.3) is 0 Å². The van der Waals surface area contributed by atoms with Crippen molar-refractivity contribution in [2.75, 3.05) is 6.61 Å². The summed E-state index contributed by atoms with van der Waals surface area (Å²) in [5, 5.41) is 0. The second kappa shape index (κ2) is 27.0. The van der Waals surface area contributed by atoms with Crippen molar-refractivity contribution in [3.63, 3.8) is 0 Å². The molecule has 204 valence electrons. The highest BCUT2D eigenvalue weighted by atomic mass is 16.6. The average molecular weight is 493 g/mol. The number of hydrogen-bond acceptors (Lipinski definition) is 4. The molecule has 0 radical (unpaired) electrons. The van der Waals surface area contributed by atoms with Crippen LogP contribution in [0.3, 0.4) is 0 Å². The third kappa shape index (κ3) is 25.3. The van der Waals surface area contributed by atoms with Gasteiger partial charge in [-0.2, -0.15) is 0 Å². The van der Waals surface area contributed by atoms with Crippen molar-refractivity contribution in [1.29, 1.82) is 0 Å². The van der Waals surface area contributed by atoms with Gasteiger partial charge in [-0.3, -0.25) is 0 Å². The van der Waals surface area contributed by atoms with Gasteiger partial charge in [0.05, 0.1) is 0 Å². The Balaban J connectivity index is 3.41. The molecule has 4 nitrogen and oxygen atoms in total. The van der Waals surface area contributed by atoms with Gasteiger partial charge in [0.2, 0.25) is 0 Å². The third-order valence-electron chi connectivity index (χ3n) is 6.66. The summed E-state index contributed by atoms with van der Waals surface area (Å²) in [5.41, 5.74) is 0. The highest BCUT2D eigenvalue weighted by Gasteiger charge is 2.14. The van der Waals surface area contributed by atoms with Crippen molar-refractivity contribution >= 4 is 11.9 Å². The molecule has 0 aromatic carbocycles. The summed E-state index contributed by atoms with van der Waals surface area (Å²) < 4.78 is 10.3. The van der Waals surface area contributed by atoms with Crippen molar-refractivity contribution in [1.82, 2.24) is 0 Å². The molecule has 0 saturated heterocycles. The summed E-state index contributed by atoms with van der Waals surface area (Å²) in [7, 11) is 0. The number of rotatable bonds is 27. The molecule has 4 heteroatoms. The van der Waals surface area contributed by atoms with Gasteiger partial charge in [0.15, 0.2) is 0 Å². The van der Waals surface area contributed by atoms with E-state index in [9.17, 15) is 9.59 Å². The van der Waals surface area contributed by atoms with E-state index in [0.717, 1.165) is 25.0 Å². The van der Waals surface area contributed by atoms with Crippen LogP contribution in [0, 0.1) is 0 Å². The first-order valence-electron chi connectivity index (χ1n) is 14.8. The summed E-state index contributed by atoms with van der Waals surface area (Å²) in [6, 6.07) is 0. The topological polar surface area (TPSA) is 52.6 Å². The van der Waals surface area contributed by atoms with Gasteiger partial charge >= 0.3 is 11.9 Å². The van der Waals surface area contributed by atoms with Crippen molar-refractivity contribution < 1.29 is 19.1 Å². The van der Waals surface area contributed by atoms with Crippen LogP contribution in [0.4, 0.5) is 0 Å². The Labute approximate surface area is 217 Å². The van der Waals surface area contributed by atoms with Crippen LogP contribution in [0.2, 0.25) is 0 Å². The van der Waals surface area contributed by atoms with Crippen LogP contribution < -0.4 is 0 Å². The molecule has 0 aromatic heterocycles. The highest BCUT2D eigenvalue weighted by molar-refractivity contribution is 5.82. The minimum atomic E-state index is -0.497. The number of carbonyl (C=O) groups excluding carboxylic acids is 2. The Morgan fingerprint density at radius 2 is 0.914 bits per heavy atom. The first-order chi connectivity index (χ1) is 17.1. The van der Waals surface area contributed by atoms with E-state index in [4.69, 9.17) is 9.47 Å². The molecule has 1 unspecified atom stereocenters. The van der Waals surface area contributed by atoms with E-state index in [0.29, 0.717) is 6.42 Å². The normalized spacial score (nSPS) is 11.7. The minimum Gasteiger partial charge on any atom is -0.459 e. The molecule has 0 spiro atoms. The van der Waals surface area contributed by atoms with Gasteiger partial charge in [0.25, 0.3) is 0 Å². The van der Waals surface area contributed by atoms with Crippen molar-refractivity contribution in [3.05, 3.63) is 25.3 Å². The molecule has 0 N–H and O–H groups in total. The summed E-state index contributed by atoms with van der Waals surface area (Å²) in [4.78, 5) is 22.7. The molecule has 0 amide bonds. The lowest BCUT2D eigenvalue weighted by molar-refractivity contribution is -0.153. The quantitative estimate of drug-likeness (QED) is 0.0651. The van der Waals surface area contributed by atoms with Gasteiger partial charge in [-0.05, 0) is 12.8 Å². The Kier molecular flexibility index (Phi) is 25.8. The largest absolute Gasteiger partial charge is 0.459 e. The van der Waals surface area contributed by atoms with Crippen molar-refractivity contribution in [3.8, 4) is 0 Å². The zero-order valence-corrected chi connectivity index (χ0v) is 23.0. The molecular weight excluding hydrogens is 436 g/mol. The second-order valence-corrected chi connectivity index (χ2v) is 9.96. The third-order valence-corrected chi connectivity index (χ3v) is 6.66.